The molecule has 0 saturated carbocycles. The number of hydrogen-bond donors (Lipinski definition) is 1. The fourth-order valence-corrected chi connectivity index (χ4v) is 2.71. The summed E-state index contributed by atoms with van der Waals surface area (Å²) in [6.07, 6.45) is 2.70. The summed E-state index contributed by atoms with van der Waals surface area (Å²) >= 11 is 0. The number of fused-ring (bicyclic) bond motifs is 1. The van der Waals surface area contributed by atoms with Crippen molar-refractivity contribution in [3.05, 3.63) is 72.7 Å². The van der Waals surface area contributed by atoms with Gasteiger partial charge < -0.3 is 10.4 Å². The SMILES string of the molecule is N#CC(c1ccc([N+](=O)[O-])cc1)C1C=Cc2c([nH]o[n+]2=O)C1=[N+]([O-])[O-]. The smallest absolute Gasteiger partial charge is 0.288 e. The zero-order chi connectivity index (χ0) is 18.1. The molecule has 0 bridgehead atoms. The second-order valence-corrected chi connectivity index (χ2v) is 5.19. The van der Waals surface area contributed by atoms with Crippen molar-refractivity contribution in [2.24, 2.45) is 5.92 Å². The Morgan fingerprint density at radius 3 is 2.52 bits per heavy atom. The Bertz CT molecular complexity index is 990. The summed E-state index contributed by atoms with van der Waals surface area (Å²) in [6.45, 7) is 0. The summed E-state index contributed by atoms with van der Waals surface area (Å²) < 4.78 is 4.61. The maximum atomic E-state index is 11.5. The van der Waals surface area contributed by atoms with Crippen LogP contribution in [0.2, 0.25) is 0 Å². The van der Waals surface area contributed by atoms with Gasteiger partial charge in [-0.1, -0.05) is 28.0 Å². The van der Waals surface area contributed by atoms with Gasteiger partial charge in [0.05, 0.1) is 22.8 Å². The van der Waals surface area contributed by atoms with E-state index in [0.29, 0.717) is 5.56 Å². The molecule has 3 rings (SSSR count). The van der Waals surface area contributed by atoms with Crippen LogP contribution in [0.25, 0.3) is 6.08 Å². The first-order valence-corrected chi connectivity index (χ1v) is 6.92. The third-order valence-corrected chi connectivity index (χ3v) is 3.87. The van der Waals surface area contributed by atoms with Gasteiger partial charge in [-0.2, -0.15) is 10.2 Å². The van der Waals surface area contributed by atoms with Crippen LogP contribution in [-0.2, 0) is 0 Å². The van der Waals surface area contributed by atoms with Crippen LogP contribution in [-0.4, -0.2) is 20.7 Å². The van der Waals surface area contributed by atoms with Gasteiger partial charge in [0.2, 0.25) is 0 Å². The molecule has 0 amide bonds. The molecular formula is C14H9N5O6. The molecule has 0 aliphatic heterocycles. The van der Waals surface area contributed by atoms with Gasteiger partial charge in [0, 0.05) is 12.1 Å². The standard InChI is InChI=1S/C14H9N5O6/c15-7-11(8-1-3-9(4-2-8)17(20)21)10-5-6-12-13(14(10)18(22)23)16-25-19(12)24/h1-6,10-11,16H. The molecule has 1 aromatic heterocycles. The molecule has 2 atom stereocenters. The molecule has 0 spiro atoms. The maximum Gasteiger partial charge on any atom is 0.288 e. The molecule has 1 aromatic carbocycles. The molecule has 0 fully saturated rings. The lowest BCUT2D eigenvalue weighted by Gasteiger charge is -2.21. The minimum atomic E-state index is -0.978. The monoisotopic (exact) mass is 343 g/mol. The largest absolute Gasteiger partial charge is 0.612 e. The molecule has 0 radical (unpaired) electrons. The number of aromatic amines is 1. The second kappa shape index (κ2) is 5.93. The van der Waals surface area contributed by atoms with Crippen molar-refractivity contribution >= 4 is 17.5 Å². The molecule has 1 aliphatic carbocycles. The summed E-state index contributed by atoms with van der Waals surface area (Å²) in [6, 6.07) is 7.18. The van der Waals surface area contributed by atoms with E-state index in [1.807, 2.05) is 6.07 Å². The van der Waals surface area contributed by atoms with Crippen molar-refractivity contribution in [3.63, 3.8) is 0 Å². The van der Waals surface area contributed by atoms with Crippen LogP contribution in [0.1, 0.15) is 22.9 Å². The van der Waals surface area contributed by atoms with E-state index in [1.165, 1.54) is 36.4 Å². The normalized spacial score (nSPS) is 16.8. The van der Waals surface area contributed by atoms with Crippen LogP contribution in [0.4, 0.5) is 5.69 Å². The summed E-state index contributed by atoms with van der Waals surface area (Å²) in [7, 11) is 0. The summed E-state index contributed by atoms with van der Waals surface area (Å²) in [5.74, 6) is -1.95. The number of aromatic nitrogens is 2. The lowest BCUT2D eigenvalue weighted by atomic mass is 9.80. The quantitative estimate of drug-likeness (QED) is 0.495. The topological polar surface area (TPSA) is 168 Å². The molecule has 126 valence electrons. The van der Waals surface area contributed by atoms with Crippen LogP contribution in [0, 0.1) is 42.7 Å². The zero-order valence-electron chi connectivity index (χ0n) is 12.4. The van der Waals surface area contributed by atoms with E-state index >= 15 is 0 Å². The number of allylic oxidation sites excluding steroid dienone is 1. The van der Waals surface area contributed by atoms with Crippen molar-refractivity contribution in [2.45, 2.75) is 5.92 Å². The highest BCUT2D eigenvalue weighted by atomic mass is 16.8. The van der Waals surface area contributed by atoms with E-state index in [0.717, 1.165) is 0 Å². The zero-order valence-corrected chi connectivity index (χ0v) is 12.4. The third-order valence-electron chi connectivity index (χ3n) is 3.87. The number of nitrogens with one attached hydrogen (secondary N) is 1. The molecule has 2 aromatic rings. The van der Waals surface area contributed by atoms with Gasteiger partial charge in [0.1, 0.15) is 0 Å². The number of non-ortho nitro benzene ring substituents is 1. The Kier molecular flexibility index (Phi) is 3.78. The van der Waals surface area contributed by atoms with E-state index in [1.54, 1.807) is 0 Å². The number of nitro benzene ring substituents is 1. The fraction of sp³-hybridized carbons (Fsp3) is 0.143. The van der Waals surface area contributed by atoms with Crippen LogP contribution in [0.15, 0.2) is 35.0 Å². The van der Waals surface area contributed by atoms with E-state index < -0.39 is 21.7 Å². The summed E-state index contributed by atoms with van der Waals surface area (Å²) in [5, 5.41) is 45.4. The van der Waals surface area contributed by atoms with E-state index in [4.69, 9.17) is 0 Å². The Labute approximate surface area is 138 Å². The lowest BCUT2D eigenvalue weighted by Crippen LogP contribution is -2.31. The van der Waals surface area contributed by atoms with Crippen LogP contribution in [0.3, 0.4) is 0 Å². The molecular weight excluding hydrogens is 334 g/mol. The first kappa shape index (κ1) is 15.9. The summed E-state index contributed by atoms with van der Waals surface area (Å²) in [4.78, 5) is 20.9. The Balaban J connectivity index is 2.07. The minimum absolute atomic E-state index is 0.0664. The summed E-state index contributed by atoms with van der Waals surface area (Å²) in [5.41, 5.74) is -0.348. The predicted molar refractivity (Wildman–Crippen MR) is 81.5 cm³/mol. The first-order valence-electron chi connectivity index (χ1n) is 6.92. The number of benzene rings is 1. The minimum Gasteiger partial charge on any atom is -0.612 e. The average molecular weight is 343 g/mol. The van der Waals surface area contributed by atoms with Gasteiger partial charge in [0.25, 0.3) is 22.8 Å². The highest BCUT2D eigenvalue weighted by molar-refractivity contribution is 6.03. The molecule has 2 unspecified atom stereocenters. The molecule has 25 heavy (non-hydrogen) atoms. The van der Waals surface area contributed by atoms with Crippen LogP contribution >= 0.6 is 0 Å². The number of H-pyrrole nitrogens is 1. The second-order valence-electron chi connectivity index (χ2n) is 5.19. The number of hydrogen-bond acceptors (Lipinski definition) is 7. The van der Waals surface area contributed by atoms with E-state index in [9.17, 15) is 30.7 Å². The van der Waals surface area contributed by atoms with E-state index in [2.05, 4.69) is 9.79 Å². The van der Waals surface area contributed by atoms with Crippen molar-refractivity contribution in [2.75, 3.05) is 0 Å². The molecule has 11 nitrogen and oxygen atoms in total. The predicted octanol–water partition coefficient (Wildman–Crippen LogP) is 1.18. The Morgan fingerprint density at radius 1 is 1.28 bits per heavy atom. The number of nitriles is 1. The highest BCUT2D eigenvalue weighted by Crippen LogP contribution is 2.33. The van der Waals surface area contributed by atoms with Crippen LogP contribution < -0.4 is 4.60 Å². The van der Waals surface area contributed by atoms with Gasteiger partial charge in [-0.25, -0.2) is 0 Å². The highest BCUT2D eigenvalue weighted by Gasteiger charge is 2.41. The van der Waals surface area contributed by atoms with Gasteiger partial charge in [-0.05, 0) is 16.5 Å². The third kappa shape index (κ3) is 2.61. The Hall–Kier alpha value is -3.94. The first-order chi connectivity index (χ1) is 11.9. The lowest BCUT2D eigenvalue weighted by molar-refractivity contribution is -0.714. The maximum absolute atomic E-state index is 11.5. The number of nitrogens with zero attached hydrogens (tertiary/aromatic N) is 4. The van der Waals surface area contributed by atoms with Gasteiger partial charge >= 0.3 is 0 Å². The average Bonchev–Trinajstić information content (AvgIpc) is 2.96. The van der Waals surface area contributed by atoms with Gasteiger partial charge in [0.15, 0.2) is 4.60 Å². The molecule has 1 heterocycles. The van der Waals surface area contributed by atoms with Crippen molar-refractivity contribution in [1.82, 2.24) is 5.16 Å². The number of nitro groups is 1. The van der Waals surface area contributed by atoms with Crippen molar-refractivity contribution in [3.8, 4) is 6.07 Å². The Morgan fingerprint density at radius 2 is 1.96 bits per heavy atom. The van der Waals surface area contributed by atoms with E-state index in [-0.39, 0.29) is 27.4 Å². The number of rotatable bonds is 3. The molecule has 1 N–H and O–H groups in total. The molecule has 11 heteroatoms. The van der Waals surface area contributed by atoms with Crippen molar-refractivity contribution in [1.29, 1.82) is 5.26 Å². The molecule has 1 aliphatic rings. The van der Waals surface area contributed by atoms with Crippen LogP contribution in [0.5, 0.6) is 0 Å². The molecule has 0 saturated heterocycles. The fourth-order valence-electron chi connectivity index (χ4n) is 2.71. The van der Waals surface area contributed by atoms with Crippen molar-refractivity contribution < 1.29 is 19.1 Å². The van der Waals surface area contributed by atoms with Gasteiger partial charge in [-0.15, -0.1) is 0 Å². The van der Waals surface area contributed by atoms with Gasteiger partial charge in [-0.3, -0.25) is 10.1 Å².